The van der Waals surface area contributed by atoms with Crippen LogP contribution in [0.3, 0.4) is 0 Å². The maximum atomic E-state index is 10.9. The molecule has 15 heavy (non-hydrogen) atoms. The van der Waals surface area contributed by atoms with Crippen LogP contribution in [0, 0.1) is 0 Å². The van der Waals surface area contributed by atoms with Gasteiger partial charge in [0.2, 0.25) is 5.88 Å². The molecule has 2 aromatic heterocycles. The van der Waals surface area contributed by atoms with E-state index in [1.165, 1.54) is 7.11 Å². The van der Waals surface area contributed by atoms with E-state index in [9.17, 15) is 4.79 Å². The zero-order chi connectivity index (χ0) is 11.0. The molecule has 2 heterocycles. The zero-order valence-corrected chi connectivity index (χ0v) is 8.39. The Hall–Kier alpha value is -2.04. The summed E-state index contributed by atoms with van der Waals surface area (Å²) in [6, 6.07) is 3.35. The molecule has 0 aliphatic heterocycles. The maximum absolute atomic E-state index is 10.9. The van der Waals surface area contributed by atoms with Crippen LogP contribution in [0.15, 0.2) is 18.3 Å². The van der Waals surface area contributed by atoms with E-state index >= 15 is 0 Å². The van der Waals surface area contributed by atoms with Crippen molar-refractivity contribution in [2.24, 2.45) is 7.05 Å². The Kier molecular flexibility index (Phi) is 2.07. The molecule has 1 N–H and O–H groups in total. The van der Waals surface area contributed by atoms with Gasteiger partial charge < -0.3 is 14.4 Å². The third kappa shape index (κ3) is 1.41. The molecule has 0 spiro atoms. The number of pyridine rings is 1. The molecule has 0 aromatic carbocycles. The molecule has 0 radical (unpaired) electrons. The van der Waals surface area contributed by atoms with Crippen LogP contribution in [0.5, 0.6) is 5.88 Å². The van der Waals surface area contributed by atoms with Gasteiger partial charge in [-0.25, -0.2) is 4.79 Å². The highest BCUT2D eigenvalue weighted by atomic mass is 16.5. The molecule has 0 aliphatic carbocycles. The fourth-order valence-electron chi connectivity index (χ4n) is 1.52. The fraction of sp³-hybridized carbons (Fsp3) is 0.200. The van der Waals surface area contributed by atoms with Crippen molar-refractivity contribution < 1.29 is 14.6 Å². The average molecular weight is 206 g/mol. The lowest BCUT2D eigenvalue weighted by molar-refractivity contribution is 0.0699. The number of aromatic nitrogens is 2. The normalized spacial score (nSPS) is 10.5. The van der Waals surface area contributed by atoms with Crippen molar-refractivity contribution in [1.29, 1.82) is 0 Å². The molecular formula is C10H10N2O3. The van der Waals surface area contributed by atoms with Gasteiger partial charge in [-0.05, 0) is 6.07 Å². The first-order valence-corrected chi connectivity index (χ1v) is 4.37. The molecule has 2 rings (SSSR count). The van der Waals surface area contributed by atoms with Gasteiger partial charge in [-0.15, -0.1) is 0 Å². The van der Waals surface area contributed by atoms with Gasteiger partial charge in [0.15, 0.2) is 0 Å². The Labute approximate surface area is 85.9 Å². The van der Waals surface area contributed by atoms with Gasteiger partial charge in [-0.1, -0.05) is 0 Å². The second kappa shape index (κ2) is 3.27. The summed E-state index contributed by atoms with van der Waals surface area (Å²) in [4.78, 5) is 15.1. The summed E-state index contributed by atoms with van der Waals surface area (Å²) in [6.07, 6.45) is 1.54. The van der Waals surface area contributed by atoms with Gasteiger partial charge in [-0.2, -0.15) is 4.98 Å². The van der Waals surface area contributed by atoms with Gasteiger partial charge >= 0.3 is 5.97 Å². The van der Waals surface area contributed by atoms with Crippen molar-refractivity contribution in [2.45, 2.75) is 0 Å². The highest BCUT2D eigenvalue weighted by Gasteiger charge is 2.13. The van der Waals surface area contributed by atoms with Crippen molar-refractivity contribution >= 4 is 17.0 Å². The van der Waals surface area contributed by atoms with Crippen LogP contribution in [-0.4, -0.2) is 27.7 Å². The molecule has 2 aromatic rings. The Morgan fingerprint density at radius 3 is 2.87 bits per heavy atom. The topological polar surface area (TPSA) is 64.3 Å². The summed E-state index contributed by atoms with van der Waals surface area (Å²) >= 11 is 0. The molecule has 0 atom stereocenters. The minimum absolute atomic E-state index is 0.252. The van der Waals surface area contributed by atoms with Crippen molar-refractivity contribution in [1.82, 2.24) is 9.55 Å². The second-order valence-electron chi connectivity index (χ2n) is 3.18. The van der Waals surface area contributed by atoms with Crippen LogP contribution in [0.4, 0.5) is 0 Å². The van der Waals surface area contributed by atoms with Crippen molar-refractivity contribution in [3.63, 3.8) is 0 Å². The maximum Gasteiger partial charge on any atom is 0.337 e. The summed E-state index contributed by atoms with van der Waals surface area (Å²) in [5.74, 6) is -0.479. The number of ether oxygens (including phenoxy) is 1. The zero-order valence-electron chi connectivity index (χ0n) is 8.39. The van der Waals surface area contributed by atoms with E-state index in [2.05, 4.69) is 4.98 Å². The Morgan fingerprint density at radius 1 is 1.53 bits per heavy atom. The summed E-state index contributed by atoms with van der Waals surface area (Å²) in [5, 5.41) is 9.57. The first kappa shape index (κ1) is 9.51. The second-order valence-corrected chi connectivity index (χ2v) is 3.18. The molecule has 0 unspecified atom stereocenters. The molecule has 0 bridgehead atoms. The minimum Gasteiger partial charge on any atom is -0.481 e. The standard InChI is InChI=1S/C10H10N2O3/c1-12-5-7(10(13)14)6-3-4-8(15-2)11-9(6)12/h3-5H,1-2H3,(H,13,14). The Morgan fingerprint density at radius 2 is 2.27 bits per heavy atom. The van der Waals surface area contributed by atoms with E-state index in [1.807, 2.05) is 0 Å². The summed E-state index contributed by atoms with van der Waals surface area (Å²) in [7, 11) is 3.27. The van der Waals surface area contributed by atoms with E-state index in [4.69, 9.17) is 9.84 Å². The number of carbonyl (C=O) groups is 1. The minimum atomic E-state index is -0.951. The van der Waals surface area contributed by atoms with Gasteiger partial charge in [0, 0.05) is 24.7 Å². The largest absolute Gasteiger partial charge is 0.481 e. The van der Waals surface area contributed by atoms with Crippen LogP contribution in [0.25, 0.3) is 11.0 Å². The summed E-state index contributed by atoms with van der Waals surface area (Å²) in [6.45, 7) is 0. The van der Waals surface area contributed by atoms with Crippen molar-refractivity contribution in [2.75, 3.05) is 7.11 Å². The van der Waals surface area contributed by atoms with Crippen LogP contribution < -0.4 is 4.74 Å². The molecule has 78 valence electrons. The number of rotatable bonds is 2. The number of carboxylic acids is 1. The first-order valence-electron chi connectivity index (χ1n) is 4.37. The molecule has 0 saturated heterocycles. The molecule has 0 fully saturated rings. The van der Waals surface area contributed by atoms with Crippen molar-refractivity contribution in [3.05, 3.63) is 23.9 Å². The summed E-state index contributed by atoms with van der Waals surface area (Å²) < 4.78 is 6.64. The first-order chi connectivity index (χ1) is 7.13. The van der Waals surface area contributed by atoms with Gasteiger partial charge in [0.05, 0.1) is 12.7 Å². The lowest BCUT2D eigenvalue weighted by Gasteiger charge is -1.99. The number of hydrogen-bond acceptors (Lipinski definition) is 3. The van der Waals surface area contributed by atoms with Crippen molar-refractivity contribution in [3.8, 4) is 5.88 Å². The highest BCUT2D eigenvalue weighted by molar-refractivity contribution is 6.02. The SMILES string of the molecule is COc1ccc2c(C(=O)O)cn(C)c2n1. The van der Waals surface area contributed by atoms with E-state index < -0.39 is 5.97 Å². The van der Waals surface area contributed by atoms with E-state index in [0.29, 0.717) is 16.9 Å². The molecule has 5 heteroatoms. The van der Waals surface area contributed by atoms with Gasteiger partial charge in [-0.3, -0.25) is 0 Å². The predicted octanol–water partition coefficient (Wildman–Crippen LogP) is 1.28. The third-order valence-corrected chi connectivity index (χ3v) is 2.24. The number of hydrogen-bond donors (Lipinski definition) is 1. The third-order valence-electron chi connectivity index (χ3n) is 2.24. The number of aryl methyl sites for hydroxylation is 1. The number of fused-ring (bicyclic) bond motifs is 1. The van der Waals surface area contributed by atoms with E-state index in [-0.39, 0.29) is 5.56 Å². The predicted molar refractivity (Wildman–Crippen MR) is 54.2 cm³/mol. The fourth-order valence-corrected chi connectivity index (χ4v) is 1.52. The number of nitrogens with zero attached hydrogens (tertiary/aromatic N) is 2. The van der Waals surface area contributed by atoms with Crippen LogP contribution in [-0.2, 0) is 7.05 Å². The van der Waals surface area contributed by atoms with E-state index in [0.717, 1.165) is 0 Å². The van der Waals surface area contributed by atoms with Crippen LogP contribution >= 0.6 is 0 Å². The van der Waals surface area contributed by atoms with Crippen LogP contribution in [0.1, 0.15) is 10.4 Å². The molecule has 0 saturated carbocycles. The highest BCUT2D eigenvalue weighted by Crippen LogP contribution is 2.21. The van der Waals surface area contributed by atoms with Gasteiger partial charge in [0.25, 0.3) is 0 Å². The summed E-state index contributed by atoms with van der Waals surface area (Å²) in [5.41, 5.74) is 0.856. The van der Waals surface area contributed by atoms with Gasteiger partial charge in [0.1, 0.15) is 5.65 Å². The lowest BCUT2D eigenvalue weighted by Crippen LogP contribution is -1.94. The Balaban J connectivity index is 2.75. The lowest BCUT2D eigenvalue weighted by atomic mass is 10.2. The Bertz CT molecular complexity index is 531. The number of carboxylic acid groups (broad SMARTS) is 1. The molecule has 0 aliphatic rings. The molecule has 0 amide bonds. The van der Waals surface area contributed by atoms with E-state index in [1.54, 1.807) is 29.9 Å². The molecular weight excluding hydrogens is 196 g/mol. The molecule has 5 nitrogen and oxygen atoms in total. The number of methoxy groups -OCH3 is 1. The monoisotopic (exact) mass is 206 g/mol. The smallest absolute Gasteiger partial charge is 0.337 e. The quantitative estimate of drug-likeness (QED) is 0.803. The van der Waals surface area contributed by atoms with Crippen LogP contribution in [0.2, 0.25) is 0 Å². The average Bonchev–Trinajstić information content (AvgIpc) is 2.56. The number of aromatic carboxylic acids is 1.